The summed E-state index contributed by atoms with van der Waals surface area (Å²) in [5.41, 5.74) is 2.27. The van der Waals surface area contributed by atoms with E-state index in [-0.39, 0.29) is 17.2 Å². The van der Waals surface area contributed by atoms with Crippen molar-refractivity contribution in [2.24, 2.45) is 0 Å². The van der Waals surface area contributed by atoms with Gasteiger partial charge in [-0.1, -0.05) is 52.3 Å². The summed E-state index contributed by atoms with van der Waals surface area (Å²) < 4.78 is 62.2. The highest BCUT2D eigenvalue weighted by atomic mass is 32.2. The van der Waals surface area contributed by atoms with E-state index in [1.165, 1.54) is 12.1 Å². The molecule has 0 aliphatic carbocycles. The van der Waals surface area contributed by atoms with Crippen molar-refractivity contribution < 1.29 is 34.7 Å². The molecule has 3 aromatic rings. The van der Waals surface area contributed by atoms with Crippen LogP contribution in [-0.4, -0.2) is 59.6 Å². The number of hydroxylamine groups is 2. The van der Waals surface area contributed by atoms with Crippen LogP contribution in [0.1, 0.15) is 21.5 Å². The number of nitrogens with zero attached hydrogens (tertiary/aromatic N) is 2. The van der Waals surface area contributed by atoms with E-state index in [1.807, 2.05) is 6.07 Å². The fourth-order valence-corrected chi connectivity index (χ4v) is 6.01. The van der Waals surface area contributed by atoms with E-state index in [4.69, 9.17) is 8.47 Å². The zero-order chi connectivity index (χ0) is 26.0. The number of rotatable bonds is 9. The zero-order valence-electron chi connectivity index (χ0n) is 19.8. The first-order valence-electron chi connectivity index (χ1n) is 11.0. The van der Waals surface area contributed by atoms with E-state index in [2.05, 4.69) is 0 Å². The van der Waals surface area contributed by atoms with Crippen LogP contribution in [0.4, 0.5) is 5.69 Å². The largest absolute Gasteiger partial charge is 0.366 e. The molecule has 0 aromatic heterocycles. The maximum absolute atomic E-state index is 12.8. The van der Waals surface area contributed by atoms with Crippen LogP contribution >= 0.6 is 0 Å². The van der Waals surface area contributed by atoms with Gasteiger partial charge in [0.15, 0.2) is 30.5 Å². The van der Waals surface area contributed by atoms with Gasteiger partial charge in [0.05, 0.1) is 4.90 Å². The van der Waals surface area contributed by atoms with Crippen molar-refractivity contribution in [2.45, 2.75) is 11.8 Å². The Kier molecular flexibility index (Phi) is 7.21. The van der Waals surface area contributed by atoms with E-state index in [0.717, 1.165) is 5.56 Å². The third kappa shape index (κ3) is 5.77. The average Bonchev–Trinajstić information content (AvgIpc) is 3.24. The second-order valence-corrected chi connectivity index (χ2v) is 11.6. The van der Waals surface area contributed by atoms with Crippen LogP contribution in [0.2, 0.25) is 0 Å². The number of likely N-dealkylation sites (N-methyl/N-ethyl adjacent to an activating group) is 1. The Bertz CT molecular complexity index is 1500. The van der Waals surface area contributed by atoms with Crippen molar-refractivity contribution in [3.63, 3.8) is 0 Å². The van der Waals surface area contributed by atoms with Crippen LogP contribution < -0.4 is 4.65 Å². The van der Waals surface area contributed by atoms with Crippen LogP contribution in [0.3, 0.4) is 0 Å². The summed E-state index contributed by atoms with van der Waals surface area (Å²) in [5, 5.41) is 0. The Morgan fingerprint density at radius 2 is 1.50 bits per heavy atom. The molecule has 36 heavy (non-hydrogen) atoms. The molecule has 0 amide bonds. The second-order valence-electron chi connectivity index (χ2n) is 8.49. The van der Waals surface area contributed by atoms with Crippen molar-refractivity contribution in [3.05, 3.63) is 95.6 Å². The highest BCUT2D eigenvalue weighted by Gasteiger charge is 2.46. The molecule has 1 atom stereocenters. The highest BCUT2D eigenvalue weighted by Crippen LogP contribution is 2.28. The van der Waals surface area contributed by atoms with Gasteiger partial charge in [-0.25, -0.2) is 4.18 Å². The predicted molar refractivity (Wildman–Crippen MR) is 134 cm³/mol. The van der Waals surface area contributed by atoms with Gasteiger partial charge in [-0.05, 0) is 35.8 Å². The quantitative estimate of drug-likeness (QED) is 0.181. The summed E-state index contributed by atoms with van der Waals surface area (Å²) in [6.07, 6.45) is 1.57. The fourth-order valence-electron chi connectivity index (χ4n) is 3.78. The number of carbonyl (C=O) groups is 1. The minimum absolute atomic E-state index is 0.154. The van der Waals surface area contributed by atoms with Gasteiger partial charge in [0.1, 0.15) is 7.05 Å². The molecule has 0 fully saturated rings. The summed E-state index contributed by atoms with van der Waals surface area (Å²) in [6.45, 7) is 2.53. The third-order valence-corrected chi connectivity index (χ3v) is 8.00. The molecular formula is C25H26N2O7S2+2. The summed E-state index contributed by atoms with van der Waals surface area (Å²) in [5.74, 6) is -1.36. The van der Waals surface area contributed by atoms with Crippen molar-refractivity contribution in [1.29, 1.82) is 0 Å². The lowest BCUT2D eigenvalue weighted by Gasteiger charge is -2.22. The van der Waals surface area contributed by atoms with Crippen LogP contribution in [0.25, 0.3) is 0 Å². The van der Waals surface area contributed by atoms with Gasteiger partial charge in [0.25, 0.3) is 10.1 Å². The summed E-state index contributed by atoms with van der Waals surface area (Å²) in [4.78, 5) is 12.6. The SMILES string of the molecule is Cc1ccc(S(=O)(=O)OCS(=O)(=O)O[N+]2(c3ccc(C(=O)c4ccccc4)cc3)C=[N+](C)CC2)cc1. The molecule has 0 radical (unpaired) electrons. The van der Waals surface area contributed by atoms with E-state index >= 15 is 0 Å². The van der Waals surface area contributed by atoms with Gasteiger partial charge >= 0.3 is 16.5 Å². The average molecular weight is 531 g/mol. The number of benzene rings is 3. The zero-order valence-corrected chi connectivity index (χ0v) is 21.4. The van der Waals surface area contributed by atoms with Gasteiger partial charge in [0.2, 0.25) is 0 Å². The Hall–Kier alpha value is -3.22. The third-order valence-electron chi connectivity index (χ3n) is 5.67. The monoisotopic (exact) mass is 530 g/mol. The molecule has 3 aromatic carbocycles. The van der Waals surface area contributed by atoms with Gasteiger partial charge in [0, 0.05) is 23.3 Å². The number of hydrogen-bond donors (Lipinski definition) is 0. The minimum Gasteiger partial charge on any atom is -0.289 e. The molecule has 0 saturated heterocycles. The number of carbonyl (C=O) groups excluding carboxylic acids is 1. The molecule has 1 aliphatic rings. The topological polar surface area (TPSA) is 107 Å². The molecule has 1 aliphatic heterocycles. The van der Waals surface area contributed by atoms with Crippen molar-refractivity contribution >= 4 is 38.0 Å². The van der Waals surface area contributed by atoms with E-state index in [9.17, 15) is 21.6 Å². The predicted octanol–water partition coefficient (Wildman–Crippen LogP) is 2.84. The summed E-state index contributed by atoms with van der Waals surface area (Å²) in [6, 6.07) is 21.1. The second kappa shape index (κ2) is 10.0. The maximum Gasteiger partial charge on any atom is 0.366 e. The Labute approximate surface area is 210 Å². The summed E-state index contributed by atoms with van der Waals surface area (Å²) >= 11 is 0. The molecule has 1 heterocycles. The Balaban J connectivity index is 1.55. The molecule has 0 N–H and O–H groups in total. The molecular weight excluding hydrogens is 504 g/mol. The number of quaternary nitrogens is 1. The lowest BCUT2D eigenvalue weighted by Crippen LogP contribution is -2.48. The first kappa shape index (κ1) is 25.9. The van der Waals surface area contributed by atoms with Crippen LogP contribution in [0.15, 0.2) is 83.8 Å². The molecule has 188 valence electrons. The molecule has 0 spiro atoms. The Morgan fingerprint density at radius 3 is 2.08 bits per heavy atom. The van der Waals surface area contributed by atoms with Crippen molar-refractivity contribution in [2.75, 3.05) is 26.1 Å². The lowest BCUT2D eigenvalue weighted by atomic mass is 10.0. The normalized spacial score (nSPS) is 18.1. The Morgan fingerprint density at radius 1 is 0.889 bits per heavy atom. The van der Waals surface area contributed by atoms with Gasteiger partial charge in [-0.15, -0.1) is 0 Å². The molecule has 9 nitrogen and oxygen atoms in total. The first-order valence-corrected chi connectivity index (χ1v) is 14.0. The molecule has 4 rings (SSSR count). The molecule has 0 saturated carbocycles. The van der Waals surface area contributed by atoms with Gasteiger partial charge < -0.3 is 0 Å². The van der Waals surface area contributed by atoms with E-state index in [0.29, 0.717) is 23.4 Å². The van der Waals surface area contributed by atoms with Gasteiger partial charge in [-0.3, -0.25) is 4.79 Å². The fraction of sp³-hybridized carbons (Fsp3) is 0.200. The molecule has 11 heteroatoms. The van der Waals surface area contributed by atoms with Crippen LogP contribution in [0, 0.1) is 6.92 Å². The van der Waals surface area contributed by atoms with E-state index in [1.54, 1.807) is 85.5 Å². The van der Waals surface area contributed by atoms with Crippen molar-refractivity contribution in [3.8, 4) is 0 Å². The summed E-state index contributed by atoms with van der Waals surface area (Å²) in [7, 11) is -7.01. The molecule has 0 bridgehead atoms. The lowest BCUT2D eigenvalue weighted by molar-refractivity contribution is -0.482. The van der Waals surface area contributed by atoms with E-state index < -0.39 is 30.8 Å². The minimum atomic E-state index is -4.47. The van der Waals surface area contributed by atoms with Gasteiger partial charge in [-0.2, -0.15) is 21.4 Å². The van der Waals surface area contributed by atoms with Crippen LogP contribution in [0.5, 0.6) is 0 Å². The first-order chi connectivity index (χ1) is 17.0. The smallest absolute Gasteiger partial charge is 0.289 e. The molecule has 1 unspecified atom stereocenters. The number of hydrogen-bond acceptors (Lipinski definition) is 7. The van der Waals surface area contributed by atoms with Crippen molar-refractivity contribution in [1.82, 2.24) is 4.65 Å². The number of aryl methyl sites for hydroxylation is 1. The number of ketones is 1. The maximum atomic E-state index is 12.8. The standard InChI is InChI=1S/C25H26N2O7S2/c1-20-8-14-24(15-9-20)36(31,32)33-19-35(29,30)34-27(17-16-26(2)18-27)23-12-10-22(11-13-23)25(28)21-6-4-3-5-7-21/h3-15,18H,16-17,19H2,1-2H3/q+2. The van der Waals surface area contributed by atoms with Crippen LogP contribution in [-0.2, 0) is 28.7 Å². The highest BCUT2D eigenvalue weighted by molar-refractivity contribution is 7.89.